The topological polar surface area (TPSA) is 108 Å². The Morgan fingerprint density at radius 2 is 2.04 bits per heavy atom. The van der Waals surface area contributed by atoms with Crippen molar-refractivity contribution in [1.82, 2.24) is 25.3 Å². The van der Waals surface area contributed by atoms with E-state index in [9.17, 15) is 14.4 Å². The van der Waals surface area contributed by atoms with Crippen LogP contribution >= 0.6 is 0 Å². The first-order valence-corrected chi connectivity index (χ1v) is 8.43. The number of aryl methyl sites for hydroxylation is 2. The second-order valence-electron chi connectivity index (χ2n) is 6.06. The summed E-state index contributed by atoms with van der Waals surface area (Å²) in [4.78, 5) is 37.9. The molecule has 1 fully saturated rings. The van der Waals surface area contributed by atoms with Crippen molar-refractivity contribution in [3.05, 3.63) is 11.4 Å². The Kier molecular flexibility index (Phi) is 6.13. The van der Waals surface area contributed by atoms with Gasteiger partial charge in [-0.05, 0) is 20.8 Å². The molecule has 1 saturated heterocycles. The molecule has 1 aromatic heterocycles. The van der Waals surface area contributed by atoms with Gasteiger partial charge in [-0.25, -0.2) is 0 Å². The van der Waals surface area contributed by atoms with E-state index in [0.717, 1.165) is 17.9 Å². The van der Waals surface area contributed by atoms with E-state index < -0.39 is 6.04 Å². The number of nitrogens with one attached hydrogen (secondary N) is 3. The van der Waals surface area contributed by atoms with Crippen molar-refractivity contribution in [2.45, 2.75) is 39.8 Å². The van der Waals surface area contributed by atoms with Crippen LogP contribution in [0.1, 0.15) is 24.7 Å². The standard InChI is InChI=1S/C16H26N6O3/c1-5-22-11(3)15(10(2)20-22)19-14(24)9-21-7-6-18-16(25)12(21)8-13(23)17-4/h12H,5-9H2,1-4H3,(H,17,23)(H,18,25)(H,19,24)/t12-/m1/s1. The molecule has 1 aliphatic heterocycles. The van der Waals surface area contributed by atoms with Gasteiger partial charge in [0, 0.05) is 26.7 Å². The van der Waals surface area contributed by atoms with E-state index in [4.69, 9.17) is 0 Å². The predicted molar refractivity (Wildman–Crippen MR) is 93.1 cm³/mol. The third-order valence-corrected chi connectivity index (χ3v) is 4.39. The van der Waals surface area contributed by atoms with Gasteiger partial charge in [0.05, 0.1) is 36.1 Å². The van der Waals surface area contributed by atoms with Crippen LogP contribution in [0.3, 0.4) is 0 Å². The van der Waals surface area contributed by atoms with Crippen molar-refractivity contribution in [3.8, 4) is 0 Å². The second-order valence-corrected chi connectivity index (χ2v) is 6.06. The van der Waals surface area contributed by atoms with Gasteiger partial charge in [-0.3, -0.25) is 24.0 Å². The van der Waals surface area contributed by atoms with Gasteiger partial charge in [0.15, 0.2) is 0 Å². The van der Waals surface area contributed by atoms with Crippen molar-refractivity contribution in [1.29, 1.82) is 0 Å². The molecule has 9 nitrogen and oxygen atoms in total. The maximum atomic E-state index is 12.5. The number of hydrogen-bond donors (Lipinski definition) is 3. The van der Waals surface area contributed by atoms with E-state index in [1.54, 1.807) is 4.90 Å². The van der Waals surface area contributed by atoms with E-state index in [-0.39, 0.29) is 30.7 Å². The number of carbonyl (C=O) groups excluding carboxylic acids is 3. The van der Waals surface area contributed by atoms with Crippen LogP contribution < -0.4 is 16.0 Å². The molecule has 25 heavy (non-hydrogen) atoms. The first kappa shape index (κ1) is 18.9. The van der Waals surface area contributed by atoms with Crippen LogP contribution in [0.5, 0.6) is 0 Å². The minimum atomic E-state index is -0.639. The molecule has 1 aliphatic rings. The Bertz CT molecular complexity index is 669. The van der Waals surface area contributed by atoms with E-state index in [1.807, 2.05) is 25.5 Å². The lowest BCUT2D eigenvalue weighted by molar-refractivity contribution is -0.135. The van der Waals surface area contributed by atoms with Crippen LogP contribution in [0.2, 0.25) is 0 Å². The zero-order valence-corrected chi connectivity index (χ0v) is 15.2. The molecule has 1 aromatic rings. The quantitative estimate of drug-likeness (QED) is 0.635. The zero-order valence-electron chi connectivity index (χ0n) is 15.2. The van der Waals surface area contributed by atoms with Gasteiger partial charge in [0.25, 0.3) is 0 Å². The molecule has 0 radical (unpaired) electrons. The largest absolute Gasteiger partial charge is 0.359 e. The SMILES string of the molecule is CCn1nc(C)c(NC(=O)CN2CCNC(=O)[C@H]2CC(=O)NC)c1C. The van der Waals surface area contributed by atoms with E-state index >= 15 is 0 Å². The molecule has 138 valence electrons. The summed E-state index contributed by atoms with van der Waals surface area (Å²) in [5.41, 5.74) is 2.36. The fourth-order valence-electron chi connectivity index (χ4n) is 3.00. The molecular weight excluding hydrogens is 324 g/mol. The number of hydrogen-bond acceptors (Lipinski definition) is 5. The number of amides is 3. The minimum Gasteiger partial charge on any atom is -0.359 e. The fourth-order valence-corrected chi connectivity index (χ4v) is 3.00. The molecular formula is C16H26N6O3. The number of anilines is 1. The summed E-state index contributed by atoms with van der Waals surface area (Å²) in [7, 11) is 1.52. The van der Waals surface area contributed by atoms with Crippen molar-refractivity contribution in [3.63, 3.8) is 0 Å². The van der Waals surface area contributed by atoms with Crippen LogP contribution in [0.15, 0.2) is 0 Å². The van der Waals surface area contributed by atoms with Gasteiger partial charge in [0.2, 0.25) is 17.7 Å². The number of piperazine rings is 1. The Labute approximate surface area is 147 Å². The van der Waals surface area contributed by atoms with Gasteiger partial charge in [-0.15, -0.1) is 0 Å². The van der Waals surface area contributed by atoms with Gasteiger partial charge in [-0.2, -0.15) is 5.10 Å². The van der Waals surface area contributed by atoms with Gasteiger partial charge in [-0.1, -0.05) is 0 Å². The monoisotopic (exact) mass is 350 g/mol. The Morgan fingerprint density at radius 1 is 1.32 bits per heavy atom. The Hall–Kier alpha value is -2.42. The first-order chi connectivity index (χ1) is 11.9. The molecule has 0 aromatic carbocycles. The number of aromatic nitrogens is 2. The molecule has 0 unspecified atom stereocenters. The zero-order chi connectivity index (χ0) is 18.6. The van der Waals surface area contributed by atoms with Crippen molar-refractivity contribution >= 4 is 23.4 Å². The summed E-state index contributed by atoms with van der Waals surface area (Å²) >= 11 is 0. The van der Waals surface area contributed by atoms with Crippen LogP contribution in [0.25, 0.3) is 0 Å². The summed E-state index contributed by atoms with van der Waals surface area (Å²) in [5, 5.41) is 12.5. The second kappa shape index (κ2) is 8.11. The molecule has 2 rings (SSSR count). The highest BCUT2D eigenvalue weighted by molar-refractivity contribution is 5.94. The molecule has 3 N–H and O–H groups in total. The van der Waals surface area contributed by atoms with Crippen molar-refractivity contribution in [2.24, 2.45) is 0 Å². The molecule has 0 aliphatic carbocycles. The summed E-state index contributed by atoms with van der Waals surface area (Å²) < 4.78 is 1.83. The molecule has 1 atom stereocenters. The first-order valence-electron chi connectivity index (χ1n) is 8.43. The highest BCUT2D eigenvalue weighted by atomic mass is 16.2. The summed E-state index contributed by atoms with van der Waals surface area (Å²) in [6.45, 7) is 7.49. The van der Waals surface area contributed by atoms with Gasteiger partial charge in [0.1, 0.15) is 0 Å². The van der Waals surface area contributed by atoms with Crippen molar-refractivity contribution < 1.29 is 14.4 Å². The third kappa shape index (κ3) is 4.36. The summed E-state index contributed by atoms with van der Waals surface area (Å²) in [6, 6.07) is -0.639. The third-order valence-electron chi connectivity index (χ3n) is 4.39. The van der Waals surface area contributed by atoms with Crippen LogP contribution in [-0.2, 0) is 20.9 Å². The highest BCUT2D eigenvalue weighted by Gasteiger charge is 2.32. The molecule has 0 spiro atoms. The molecule has 9 heteroatoms. The number of carbonyl (C=O) groups is 3. The van der Waals surface area contributed by atoms with Crippen LogP contribution in [0, 0.1) is 13.8 Å². The van der Waals surface area contributed by atoms with E-state index in [0.29, 0.717) is 18.8 Å². The average molecular weight is 350 g/mol. The number of nitrogens with zero attached hydrogens (tertiary/aromatic N) is 3. The minimum absolute atomic E-state index is 0.0292. The van der Waals surface area contributed by atoms with Gasteiger partial charge < -0.3 is 16.0 Å². The highest BCUT2D eigenvalue weighted by Crippen LogP contribution is 2.19. The average Bonchev–Trinajstić information content (AvgIpc) is 2.85. The predicted octanol–water partition coefficient (Wildman–Crippen LogP) is -0.605. The van der Waals surface area contributed by atoms with Crippen molar-refractivity contribution in [2.75, 3.05) is 32.0 Å². The summed E-state index contributed by atoms with van der Waals surface area (Å²) in [6.07, 6.45) is 0.0292. The van der Waals surface area contributed by atoms with Gasteiger partial charge >= 0.3 is 0 Å². The molecule has 2 heterocycles. The molecule has 3 amide bonds. The molecule has 0 saturated carbocycles. The molecule has 0 bridgehead atoms. The normalized spacial score (nSPS) is 17.9. The lowest BCUT2D eigenvalue weighted by Crippen LogP contribution is -2.57. The van der Waals surface area contributed by atoms with Crippen LogP contribution in [-0.4, -0.2) is 65.1 Å². The maximum Gasteiger partial charge on any atom is 0.238 e. The van der Waals surface area contributed by atoms with E-state index in [1.165, 1.54) is 7.05 Å². The Morgan fingerprint density at radius 3 is 2.64 bits per heavy atom. The fraction of sp³-hybridized carbons (Fsp3) is 0.625. The number of rotatable bonds is 6. The Balaban J connectivity index is 2.06. The van der Waals surface area contributed by atoms with E-state index in [2.05, 4.69) is 21.0 Å². The maximum absolute atomic E-state index is 12.5. The lowest BCUT2D eigenvalue weighted by atomic mass is 10.1. The smallest absolute Gasteiger partial charge is 0.238 e. The summed E-state index contributed by atoms with van der Waals surface area (Å²) in [5.74, 6) is -0.685. The van der Waals surface area contributed by atoms with Crippen LogP contribution in [0.4, 0.5) is 5.69 Å². The lowest BCUT2D eigenvalue weighted by Gasteiger charge is -2.34.